The van der Waals surface area contributed by atoms with Crippen LogP contribution in [0.3, 0.4) is 0 Å². The van der Waals surface area contributed by atoms with Crippen LogP contribution in [0.1, 0.15) is 22.3 Å². The van der Waals surface area contributed by atoms with Gasteiger partial charge < -0.3 is 0 Å². The van der Waals surface area contributed by atoms with Gasteiger partial charge in [0.25, 0.3) is 0 Å². The highest BCUT2D eigenvalue weighted by atomic mass is 35.5. The molecule has 0 saturated heterocycles. The molecule has 4 aromatic carbocycles. The zero-order valence-corrected chi connectivity index (χ0v) is 28.3. The third kappa shape index (κ3) is 6.77. The van der Waals surface area contributed by atoms with Gasteiger partial charge in [-0.15, -0.1) is 11.5 Å². The zero-order chi connectivity index (χ0) is 38.7. The van der Waals surface area contributed by atoms with Crippen molar-refractivity contribution >= 4 is 57.5 Å². The van der Waals surface area contributed by atoms with Crippen molar-refractivity contribution < 1.29 is 52.7 Å². The van der Waals surface area contributed by atoms with Crippen LogP contribution in [0.5, 0.6) is 0 Å². The van der Waals surface area contributed by atoms with E-state index in [1.807, 2.05) is 0 Å². The number of alkyl halides is 12. The number of halogens is 16. The number of allylic oxidation sites excluding steroid dienone is 2. The van der Waals surface area contributed by atoms with Gasteiger partial charge in [0.15, 0.2) is 10.8 Å². The predicted molar refractivity (Wildman–Crippen MR) is 174 cm³/mol. The minimum atomic E-state index is -6.08. The maximum absolute atomic E-state index is 16.0. The summed E-state index contributed by atoms with van der Waals surface area (Å²) in [5.41, 5.74) is -18.7. The zero-order valence-electron chi connectivity index (χ0n) is 25.3. The molecule has 0 heterocycles. The molecule has 0 N–H and O–H groups in total. The third-order valence-corrected chi connectivity index (χ3v) is 9.25. The van der Waals surface area contributed by atoms with Crippen LogP contribution in [-0.2, 0) is 10.8 Å². The molecular weight excluding hydrogens is 802 g/mol. The van der Waals surface area contributed by atoms with Crippen molar-refractivity contribution in [2.24, 2.45) is 0 Å². The molecule has 0 aliphatic heterocycles. The van der Waals surface area contributed by atoms with E-state index >= 15 is 26.3 Å². The smallest absolute Gasteiger partial charge is 0.169 e. The highest BCUT2D eigenvalue weighted by Gasteiger charge is 2.83. The van der Waals surface area contributed by atoms with E-state index < -0.39 is 80.1 Å². The highest BCUT2D eigenvalue weighted by Crippen LogP contribution is 2.74. The van der Waals surface area contributed by atoms with Crippen LogP contribution in [0.2, 0.25) is 20.1 Å². The Balaban J connectivity index is 2.22. The number of hydrogen-bond acceptors (Lipinski definition) is 0. The molecule has 0 radical (unpaired) electrons. The Morgan fingerprint density at radius 3 is 0.827 bits per heavy atom. The Morgan fingerprint density at radius 2 is 0.615 bits per heavy atom. The minimum absolute atomic E-state index is 0.129. The van der Waals surface area contributed by atoms with Crippen LogP contribution in [-0.4, -0.2) is 24.7 Å². The molecule has 272 valence electrons. The van der Waals surface area contributed by atoms with E-state index in [0.717, 1.165) is 48.5 Å². The third-order valence-electron chi connectivity index (χ3n) is 8.24. The minimum Gasteiger partial charge on any atom is -0.169 e. The van der Waals surface area contributed by atoms with Crippen molar-refractivity contribution in [3.63, 3.8) is 0 Å². The SMILES string of the molecule is FC(F)(F)C(=C=C1C(c2ccc(Cl)cc2)(C(F)(F)F)C(=C=C(c2ccc(Cl)cc2)C(F)(F)F)C1(c1ccc(Cl)cc1)C(F)(F)F)c1ccc(Cl)cc1. The molecule has 52 heavy (non-hydrogen) atoms. The predicted octanol–water partition coefficient (Wildman–Crippen LogP) is 14.0. The van der Waals surface area contributed by atoms with Gasteiger partial charge in [0, 0.05) is 31.2 Å². The first-order valence-electron chi connectivity index (χ1n) is 14.3. The largest absolute Gasteiger partial charge is 0.424 e. The summed E-state index contributed by atoms with van der Waals surface area (Å²) >= 11 is 23.3. The fourth-order valence-electron chi connectivity index (χ4n) is 6.09. The number of rotatable bonds is 4. The molecule has 1 saturated carbocycles. The van der Waals surface area contributed by atoms with Gasteiger partial charge in [-0.2, -0.15) is 52.7 Å². The standard InChI is InChI=1S/C36H16Cl4F12/c37-23-9-1-19(2-10-23)27(33(41,42)43)17-29-31(35(47,48)49,21-5-13-25(39)14-6-21)30(18-28(34(44,45)46)20-3-11-24(38)12-4-20)32(29,36(50,51)52)22-7-15-26(40)16-8-22/h1-16H. The molecular formula is C36H16Cl4F12. The highest BCUT2D eigenvalue weighted by molar-refractivity contribution is 6.31. The molecule has 1 aliphatic carbocycles. The van der Waals surface area contributed by atoms with Gasteiger partial charge in [-0.3, -0.25) is 0 Å². The summed E-state index contributed by atoms with van der Waals surface area (Å²) < 4.78 is 185. The van der Waals surface area contributed by atoms with Gasteiger partial charge in [-0.05, 0) is 70.8 Å². The fraction of sp³-hybridized carbons (Fsp3) is 0.167. The molecule has 0 nitrogen and oxygen atoms in total. The quantitative estimate of drug-likeness (QED) is 0.142. The lowest BCUT2D eigenvalue weighted by atomic mass is 9.41. The topological polar surface area (TPSA) is 0 Å². The Kier molecular flexibility index (Phi) is 10.3. The molecule has 1 fully saturated rings. The Hall–Kier alpha value is -3.76. The van der Waals surface area contributed by atoms with Crippen LogP contribution >= 0.6 is 46.4 Å². The van der Waals surface area contributed by atoms with Crippen LogP contribution in [0.4, 0.5) is 52.7 Å². The molecule has 16 heteroatoms. The Bertz CT molecular complexity index is 1940. The summed E-state index contributed by atoms with van der Waals surface area (Å²) in [6, 6.07) is 11.7. The molecule has 0 unspecified atom stereocenters. The van der Waals surface area contributed by atoms with Crippen molar-refractivity contribution in [2.75, 3.05) is 0 Å². The lowest BCUT2D eigenvalue weighted by molar-refractivity contribution is -0.227. The Morgan fingerprint density at radius 1 is 0.385 bits per heavy atom. The molecule has 0 amide bonds. The average molecular weight is 818 g/mol. The molecule has 5 rings (SSSR count). The van der Waals surface area contributed by atoms with E-state index in [1.54, 1.807) is 0 Å². The summed E-state index contributed by atoms with van der Waals surface area (Å²) in [6.07, 6.45) is -23.5. The maximum atomic E-state index is 16.0. The molecule has 0 aromatic heterocycles. The van der Waals surface area contributed by atoms with E-state index in [2.05, 4.69) is 0 Å². The van der Waals surface area contributed by atoms with Gasteiger partial charge in [-0.25, -0.2) is 0 Å². The molecule has 0 atom stereocenters. The molecule has 0 spiro atoms. The second kappa shape index (κ2) is 13.6. The second-order valence-electron chi connectivity index (χ2n) is 11.3. The summed E-state index contributed by atoms with van der Waals surface area (Å²) in [6.45, 7) is 0. The van der Waals surface area contributed by atoms with E-state index in [0.29, 0.717) is 48.5 Å². The van der Waals surface area contributed by atoms with Crippen molar-refractivity contribution in [3.05, 3.63) is 162 Å². The summed E-state index contributed by atoms with van der Waals surface area (Å²) in [7, 11) is 0. The maximum Gasteiger partial charge on any atom is 0.424 e. The lowest BCUT2D eigenvalue weighted by Crippen LogP contribution is -2.69. The van der Waals surface area contributed by atoms with Crippen molar-refractivity contribution in [2.45, 2.75) is 35.5 Å². The second-order valence-corrected chi connectivity index (χ2v) is 13.0. The van der Waals surface area contributed by atoms with Crippen molar-refractivity contribution in [1.29, 1.82) is 0 Å². The van der Waals surface area contributed by atoms with Gasteiger partial charge in [0.2, 0.25) is 0 Å². The normalized spacial score (nSPS) is 19.5. The number of hydrogen-bond donors (Lipinski definition) is 0. The van der Waals surface area contributed by atoms with E-state index in [-0.39, 0.29) is 20.1 Å². The summed E-state index contributed by atoms with van der Waals surface area (Å²) in [5.74, 6) is 0. The number of benzene rings is 4. The van der Waals surface area contributed by atoms with Gasteiger partial charge in [-0.1, -0.05) is 94.9 Å². The fourth-order valence-corrected chi connectivity index (χ4v) is 6.60. The van der Waals surface area contributed by atoms with E-state index in [4.69, 9.17) is 46.4 Å². The van der Waals surface area contributed by atoms with E-state index in [9.17, 15) is 26.3 Å². The molecule has 4 aromatic rings. The molecule has 1 aliphatic rings. The monoisotopic (exact) mass is 816 g/mol. The van der Waals surface area contributed by atoms with Crippen LogP contribution in [0.15, 0.2) is 120 Å². The lowest BCUT2D eigenvalue weighted by Gasteiger charge is -2.60. The molecule has 0 bridgehead atoms. The van der Waals surface area contributed by atoms with Crippen LogP contribution in [0, 0.1) is 0 Å². The summed E-state index contributed by atoms with van der Waals surface area (Å²) in [4.78, 5) is 0. The van der Waals surface area contributed by atoms with Crippen molar-refractivity contribution in [3.8, 4) is 0 Å². The summed E-state index contributed by atoms with van der Waals surface area (Å²) in [5, 5.41) is -0.765. The van der Waals surface area contributed by atoms with Crippen LogP contribution in [0.25, 0.3) is 11.1 Å². The van der Waals surface area contributed by atoms with Crippen molar-refractivity contribution in [1.82, 2.24) is 0 Å². The van der Waals surface area contributed by atoms with Gasteiger partial charge in [0.1, 0.15) is 11.1 Å². The van der Waals surface area contributed by atoms with Gasteiger partial charge >= 0.3 is 24.7 Å². The van der Waals surface area contributed by atoms with Gasteiger partial charge in [0.05, 0.1) is 0 Å². The first kappa shape index (κ1) is 39.4. The Labute approximate surface area is 306 Å². The first-order chi connectivity index (χ1) is 24.0. The van der Waals surface area contributed by atoms with E-state index in [1.165, 1.54) is 11.5 Å². The average Bonchev–Trinajstić information content (AvgIpc) is 3.01. The first-order valence-corrected chi connectivity index (χ1v) is 15.8. The van der Waals surface area contributed by atoms with Crippen LogP contribution < -0.4 is 0 Å².